The summed E-state index contributed by atoms with van der Waals surface area (Å²) in [6.45, 7) is 0.0481. The Hall–Kier alpha value is -1.16. The van der Waals surface area contributed by atoms with E-state index in [2.05, 4.69) is 9.97 Å². The molecule has 0 atom stereocenters. The smallest absolute Gasteiger partial charge is 0.198 e. The normalized spacial score (nSPS) is 9.91. The van der Waals surface area contributed by atoms with Gasteiger partial charge in [0.1, 0.15) is 0 Å². The summed E-state index contributed by atoms with van der Waals surface area (Å²) in [5, 5.41) is 8.43. The molecule has 1 heterocycles. The molecule has 0 saturated carbocycles. The maximum atomic E-state index is 11.1. The van der Waals surface area contributed by atoms with Gasteiger partial charge in [-0.05, 0) is 6.42 Å². The maximum Gasteiger partial charge on any atom is 0.198 e. The zero-order valence-electron chi connectivity index (χ0n) is 6.08. The van der Waals surface area contributed by atoms with Gasteiger partial charge >= 0.3 is 0 Å². The summed E-state index contributed by atoms with van der Waals surface area (Å²) < 4.78 is 0. The highest BCUT2D eigenvalue weighted by Crippen LogP contribution is 1.97. The third-order valence-electron chi connectivity index (χ3n) is 1.32. The first-order chi connectivity index (χ1) is 5.34. The summed E-state index contributed by atoms with van der Waals surface area (Å²) in [4.78, 5) is 17.5. The highest BCUT2D eigenvalue weighted by atomic mass is 16.3. The van der Waals surface area contributed by atoms with Gasteiger partial charge in [0.05, 0.1) is 0 Å². The summed E-state index contributed by atoms with van der Waals surface area (Å²) in [6, 6.07) is 0. The summed E-state index contributed by atoms with van der Waals surface area (Å²) in [5.41, 5.74) is 0. The van der Waals surface area contributed by atoms with Gasteiger partial charge < -0.3 is 10.1 Å². The van der Waals surface area contributed by atoms with Gasteiger partial charge in [-0.25, -0.2) is 4.98 Å². The number of aliphatic hydroxyl groups is 1. The van der Waals surface area contributed by atoms with Crippen molar-refractivity contribution in [2.24, 2.45) is 0 Å². The van der Waals surface area contributed by atoms with E-state index < -0.39 is 0 Å². The molecule has 1 aromatic heterocycles. The molecule has 0 aliphatic rings. The van der Waals surface area contributed by atoms with E-state index in [1.165, 1.54) is 6.20 Å². The second kappa shape index (κ2) is 3.88. The van der Waals surface area contributed by atoms with Crippen LogP contribution in [-0.4, -0.2) is 27.5 Å². The van der Waals surface area contributed by atoms with Crippen molar-refractivity contribution in [2.45, 2.75) is 12.8 Å². The fraction of sp³-hybridized carbons (Fsp3) is 0.429. The number of hydrogen-bond acceptors (Lipinski definition) is 3. The average molecular weight is 154 g/mol. The lowest BCUT2D eigenvalue weighted by Gasteiger charge is -1.92. The second-order valence-corrected chi connectivity index (χ2v) is 2.19. The quantitative estimate of drug-likeness (QED) is 0.615. The number of aromatic nitrogens is 2. The van der Waals surface area contributed by atoms with Crippen LogP contribution in [0.3, 0.4) is 0 Å². The lowest BCUT2D eigenvalue weighted by Crippen LogP contribution is -2.02. The van der Waals surface area contributed by atoms with Crippen molar-refractivity contribution in [3.05, 3.63) is 18.2 Å². The van der Waals surface area contributed by atoms with Gasteiger partial charge in [-0.15, -0.1) is 0 Å². The predicted molar refractivity (Wildman–Crippen MR) is 39.2 cm³/mol. The Morgan fingerprint density at radius 3 is 3.09 bits per heavy atom. The molecule has 0 bridgehead atoms. The molecule has 0 radical (unpaired) electrons. The zero-order chi connectivity index (χ0) is 8.10. The Morgan fingerprint density at radius 2 is 2.55 bits per heavy atom. The fourth-order valence-electron chi connectivity index (χ4n) is 0.776. The van der Waals surface area contributed by atoms with Crippen LogP contribution < -0.4 is 0 Å². The number of carbonyl (C=O) groups excluding carboxylic acids is 1. The summed E-state index contributed by atoms with van der Waals surface area (Å²) in [5.74, 6) is 0.322. The number of nitrogens with zero attached hydrogens (tertiary/aromatic N) is 1. The minimum absolute atomic E-state index is 0.0481. The molecule has 4 heteroatoms. The molecule has 0 aliphatic carbocycles. The second-order valence-electron chi connectivity index (χ2n) is 2.19. The van der Waals surface area contributed by atoms with Crippen molar-refractivity contribution in [1.82, 2.24) is 9.97 Å². The van der Waals surface area contributed by atoms with E-state index in [9.17, 15) is 4.79 Å². The topological polar surface area (TPSA) is 66.0 Å². The SMILES string of the molecule is O=C(CCCO)c1ncc[nH]1. The van der Waals surface area contributed by atoms with E-state index in [0.29, 0.717) is 18.7 Å². The molecule has 0 aromatic carbocycles. The Kier molecular flexibility index (Phi) is 2.80. The molecule has 0 amide bonds. The number of carbonyl (C=O) groups is 1. The molecule has 2 N–H and O–H groups in total. The van der Waals surface area contributed by atoms with Gasteiger partial charge in [0.25, 0.3) is 0 Å². The molecule has 0 saturated heterocycles. The summed E-state index contributed by atoms with van der Waals surface area (Å²) in [7, 11) is 0. The lowest BCUT2D eigenvalue weighted by atomic mass is 10.2. The number of H-pyrrole nitrogens is 1. The maximum absolute atomic E-state index is 11.1. The van der Waals surface area contributed by atoms with E-state index in [4.69, 9.17) is 5.11 Å². The number of nitrogens with one attached hydrogen (secondary N) is 1. The van der Waals surface area contributed by atoms with Gasteiger partial charge in [-0.3, -0.25) is 4.79 Å². The van der Waals surface area contributed by atoms with Crippen molar-refractivity contribution in [2.75, 3.05) is 6.61 Å². The first-order valence-electron chi connectivity index (χ1n) is 3.48. The minimum Gasteiger partial charge on any atom is -0.396 e. The molecule has 0 aliphatic heterocycles. The Balaban J connectivity index is 2.43. The van der Waals surface area contributed by atoms with Crippen LogP contribution in [0, 0.1) is 0 Å². The van der Waals surface area contributed by atoms with E-state index in [1.807, 2.05) is 0 Å². The molecule has 60 valence electrons. The van der Waals surface area contributed by atoms with Crippen molar-refractivity contribution >= 4 is 5.78 Å². The number of aliphatic hydroxyl groups excluding tert-OH is 1. The summed E-state index contributed by atoms with van der Waals surface area (Å²) >= 11 is 0. The van der Waals surface area contributed by atoms with E-state index >= 15 is 0 Å². The third-order valence-corrected chi connectivity index (χ3v) is 1.32. The van der Waals surface area contributed by atoms with Crippen molar-refractivity contribution in [3.63, 3.8) is 0 Å². The Bertz CT molecular complexity index is 218. The van der Waals surface area contributed by atoms with E-state index in [0.717, 1.165) is 0 Å². The molecule has 0 fully saturated rings. The van der Waals surface area contributed by atoms with Crippen LogP contribution in [0.15, 0.2) is 12.4 Å². The monoisotopic (exact) mass is 154 g/mol. The molecular formula is C7H10N2O2. The van der Waals surface area contributed by atoms with E-state index in [1.54, 1.807) is 6.20 Å². The Morgan fingerprint density at radius 1 is 1.73 bits per heavy atom. The van der Waals surface area contributed by atoms with Gasteiger partial charge in [0, 0.05) is 25.4 Å². The highest BCUT2D eigenvalue weighted by molar-refractivity contribution is 5.92. The van der Waals surface area contributed by atoms with Gasteiger partial charge in [0.15, 0.2) is 11.6 Å². The van der Waals surface area contributed by atoms with Crippen LogP contribution in [-0.2, 0) is 0 Å². The molecule has 0 unspecified atom stereocenters. The van der Waals surface area contributed by atoms with Gasteiger partial charge in [0.2, 0.25) is 0 Å². The molecule has 1 aromatic rings. The standard InChI is InChI=1S/C7H10N2O2/c10-5-1-2-6(11)7-8-3-4-9-7/h3-4,10H,1-2,5H2,(H,8,9). The van der Waals surface area contributed by atoms with Crippen LogP contribution >= 0.6 is 0 Å². The van der Waals surface area contributed by atoms with Crippen LogP contribution in [0.25, 0.3) is 0 Å². The molecule has 4 nitrogen and oxygen atoms in total. The fourth-order valence-corrected chi connectivity index (χ4v) is 0.776. The highest BCUT2D eigenvalue weighted by Gasteiger charge is 2.05. The summed E-state index contributed by atoms with van der Waals surface area (Å²) in [6.07, 6.45) is 3.99. The Labute approximate surface area is 64.3 Å². The minimum atomic E-state index is -0.0518. The van der Waals surface area contributed by atoms with Gasteiger partial charge in [-0.1, -0.05) is 0 Å². The number of rotatable bonds is 4. The van der Waals surface area contributed by atoms with Crippen LogP contribution in [0.2, 0.25) is 0 Å². The third kappa shape index (κ3) is 2.16. The molecular weight excluding hydrogens is 144 g/mol. The van der Waals surface area contributed by atoms with E-state index in [-0.39, 0.29) is 12.4 Å². The number of aromatic amines is 1. The molecule has 1 rings (SSSR count). The largest absolute Gasteiger partial charge is 0.396 e. The predicted octanol–water partition coefficient (Wildman–Crippen LogP) is 0.365. The van der Waals surface area contributed by atoms with Crippen molar-refractivity contribution in [1.29, 1.82) is 0 Å². The number of Topliss-reactive ketones (excluding diaryl/α,β-unsaturated/α-hetero) is 1. The van der Waals surface area contributed by atoms with Crippen LogP contribution in [0.4, 0.5) is 0 Å². The van der Waals surface area contributed by atoms with Gasteiger partial charge in [-0.2, -0.15) is 0 Å². The number of ketones is 1. The van der Waals surface area contributed by atoms with Crippen molar-refractivity contribution in [3.8, 4) is 0 Å². The average Bonchev–Trinajstić information content (AvgIpc) is 2.52. The zero-order valence-corrected chi connectivity index (χ0v) is 6.08. The molecule has 0 spiro atoms. The van der Waals surface area contributed by atoms with Crippen LogP contribution in [0.5, 0.6) is 0 Å². The number of imidazole rings is 1. The first-order valence-corrected chi connectivity index (χ1v) is 3.48. The van der Waals surface area contributed by atoms with Crippen molar-refractivity contribution < 1.29 is 9.90 Å². The first kappa shape index (κ1) is 7.94. The lowest BCUT2D eigenvalue weighted by molar-refractivity contribution is 0.0962. The molecule has 11 heavy (non-hydrogen) atoms. The van der Waals surface area contributed by atoms with Crippen LogP contribution in [0.1, 0.15) is 23.5 Å². The number of hydrogen-bond donors (Lipinski definition) is 2.